The van der Waals surface area contributed by atoms with Crippen LogP contribution >= 0.6 is 0 Å². The molecule has 0 aromatic carbocycles. The van der Waals surface area contributed by atoms with Crippen molar-refractivity contribution in [3.8, 4) is 0 Å². The van der Waals surface area contributed by atoms with Crippen molar-refractivity contribution >= 4 is 11.9 Å². The largest absolute Gasteiger partial charge is 0.373 e. The van der Waals surface area contributed by atoms with E-state index in [1.54, 1.807) is 12.4 Å². The number of amides is 3. The standard InChI is InChI=1S/C15H23N3O.C15H30N2O.C7H16O/c1-11(2)14(12-6-4-3-5-7-12)18-15(19)13-10-16-8-9-17-13;1-11(2)13(12-9-7-6-8-10-12)16-14(18)17-15(3,4)5;1-6(2)8-7(3,4)5/h8-12,14H,3-7H2,1-2H3,(H,18,19);11-13H,6-10H2,1-5H3,(H2,16,17,18);6H,1-5H3. The third-order valence-corrected chi connectivity index (χ3v) is 8.22. The summed E-state index contributed by atoms with van der Waals surface area (Å²) in [7, 11) is 0. The SMILES string of the molecule is CC(C)C(NC(=O)NC(C)(C)C)C1CCCCC1.CC(C)C(NC(=O)c1cnccn1)C1CCCCC1.CC(C)OC(C)(C)C. The van der Waals surface area contributed by atoms with Crippen molar-refractivity contribution < 1.29 is 14.3 Å². The number of carbonyl (C=O) groups excluding carboxylic acids is 2. The van der Waals surface area contributed by atoms with Crippen molar-refractivity contribution in [2.24, 2.45) is 23.7 Å². The van der Waals surface area contributed by atoms with Crippen molar-refractivity contribution in [3.63, 3.8) is 0 Å². The molecule has 260 valence electrons. The molecule has 2 atom stereocenters. The summed E-state index contributed by atoms with van der Waals surface area (Å²) in [6.45, 7) is 25.1. The van der Waals surface area contributed by atoms with Crippen molar-refractivity contribution in [3.05, 3.63) is 24.3 Å². The molecule has 3 rings (SSSR count). The Bertz CT molecular complexity index is 941. The molecule has 2 unspecified atom stereocenters. The van der Waals surface area contributed by atoms with Crippen molar-refractivity contribution in [2.45, 2.75) is 177 Å². The molecule has 2 aliphatic carbocycles. The average molecular weight is 632 g/mol. The third-order valence-electron chi connectivity index (χ3n) is 8.22. The van der Waals surface area contributed by atoms with E-state index < -0.39 is 0 Å². The highest BCUT2D eigenvalue weighted by Gasteiger charge is 2.29. The summed E-state index contributed by atoms with van der Waals surface area (Å²) >= 11 is 0. The van der Waals surface area contributed by atoms with Gasteiger partial charge in [-0.25, -0.2) is 9.78 Å². The minimum absolute atomic E-state index is 0.0215. The lowest BCUT2D eigenvalue weighted by Gasteiger charge is -2.34. The lowest BCUT2D eigenvalue weighted by molar-refractivity contribution is -0.0424. The summed E-state index contributed by atoms with van der Waals surface area (Å²) in [5.74, 6) is 2.11. The Kier molecular flexibility index (Phi) is 18.2. The maximum absolute atomic E-state index is 12.2. The molecule has 8 heteroatoms. The second-order valence-corrected chi connectivity index (χ2v) is 16.0. The number of urea groups is 1. The van der Waals surface area contributed by atoms with Gasteiger partial charge in [-0.1, -0.05) is 66.2 Å². The predicted molar refractivity (Wildman–Crippen MR) is 187 cm³/mol. The van der Waals surface area contributed by atoms with Gasteiger partial charge in [0.25, 0.3) is 5.91 Å². The van der Waals surface area contributed by atoms with Gasteiger partial charge in [-0.3, -0.25) is 9.78 Å². The number of nitrogens with one attached hydrogen (secondary N) is 3. The summed E-state index contributed by atoms with van der Waals surface area (Å²) in [5, 5.41) is 9.35. The van der Waals surface area contributed by atoms with Crippen LogP contribution in [0.3, 0.4) is 0 Å². The molecule has 3 N–H and O–H groups in total. The average Bonchev–Trinajstić information content (AvgIpc) is 2.94. The van der Waals surface area contributed by atoms with Crippen molar-refractivity contribution in [1.29, 1.82) is 0 Å². The molecular formula is C37H69N5O3. The molecule has 0 spiro atoms. The molecule has 0 aliphatic heterocycles. The van der Waals surface area contributed by atoms with Crippen LogP contribution in [0.1, 0.15) is 158 Å². The van der Waals surface area contributed by atoms with Gasteiger partial charge in [0.05, 0.1) is 17.9 Å². The zero-order valence-electron chi connectivity index (χ0n) is 31.0. The number of aromatic nitrogens is 2. The van der Waals surface area contributed by atoms with Gasteiger partial charge >= 0.3 is 6.03 Å². The van der Waals surface area contributed by atoms with Crippen LogP contribution in [0.15, 0.2) is 18.6 Å². The van der Waals surface area contributed by atoms with Crippen molar-refractivity contribution in [2.75, 3.05) is 0 Å². The van der Waals surface area contributed by atoms with Gasteiger partial charge in [0.1, 0.15) is 5.69 Å². The molecule has 2 aliphatic rings. The first-order valence-corrected chi connectivity index (χ1v) is 17.7. The smallest absolute Gasteiger partial charge is 0.315 e. The fourth-order valence-electron chi connectivity index (χ4n) is 6.52. The van der Waals surface area contributed by atoms with Gasteiger partial charge < -0.3 is 20.7 Å². The zero-order chi connectivity index (χ0) is 34.2. The van der Waals surface area contributed by atoms with Gasteiger partial charge in [-0.15, -0.1) is 0 Å². The van der Waals surface area contributed by atoms with Crippen LogP contribution < -0.4 is 16.0 Å². The summed E-state index contributed by atoms with van der Waals surface area (Å²) in [5.41, 5.74) is 0.260. The lowest BCUT2D eigenvalue weighted by Crippen LogP contribution is -2.53. The highest BCUT2D eigenvalue weighted by Crippen LogP contribution is 2.30. The monoisotopic (exact) mass is 632 g/mol. The number of nitrogens with zero attached hydrogens (tertiary/aromatic N) is 2. The molecule has 1 aromatic heterocycles. The molecule has 0 saturated heterocycles. The maximum Gasteiger partial charge on any atom is 0.315 e. The number of hydrogen-bond acceptors (Lipinski definition) is 5. The molecular weight excluding hydrogens is 562 g/mol. The number of carbonyl (C=O) groups is 2. The second kappa shape index (κ2) is 20.1. The summed E-state index contributed by atoms with van der Waals surface area (Å²) in [6.07, 6.45) is 17.9. The first-order chi connectivity index (χ1) is 20.9. The van der Waals surface area contributed by atoms with E-state index in [4.69, 9.17) is 4.74 Å². The summed E-state index contributed by atoms with van der Waals surface area (Å²) in [4.78, 5) is 32.2. The molecule has 8 nitrogen and oxygen atoms in total. The highest BCUT2D eigenvalue weighted by atomic mass is 16.5. The van der Waals surface area contributed by atoms with E-state index in [0.717, 1.165) is 0 Å². The normalized spacial score (nSPS) is 17.8. The van der Waals surface area contributed by atoms with Crippen molar-refractivity contribution in [1.82, 2.24) is 25.9 Å². The van der Waals surface area contributed by atoms with E-state index in [1.165, 1.54) is 70.4 Å². The number of ether oxygens (including phenoxy) is 1. The molecule has 2 fully saturated rings. The fourth-order valence-corrected chi connectivity index (χ4v) is 6.52. The molecule has 1 heterocycles. The van der Waals surface area contributed by atoms with Crippen LogP contribution in [0.2, 0.25) is 0 Å². The number of hydrogen-bond donors (Lipinski definition) is 3. The van der Waals surface area contributed by atoms with Crippen LogP contribution in [0.4, 0.5) is 4.79 Å². The fraction of sp³-hybridized carbons (Fsp3) is 0.838. The van der Waals surface area contributed by atoms with E-state index >= 15 is 0 Å². The Morgan fingerprint density at radius 3 is 1.53 bits per heavy atom. The Morgan fingerprint density at radius 1 is 0.733 bits per heavy atom. The molecule has 3 amide bonds. The van der Waals surface area contributed by atoms with Gasteiger partial charge in [0, 0.05) is 30.0 Å². The minimum atomic E-state index is -0.168. The molecule has 45 heavy (non-hydrogen) atoms. The van der Waals surface area contributed by atoms with Crippen LogP contribution in [-0.2, 0) is 4.74 Å². The molecule has 1 aromatic rings. The summed E-state index contributed by atoms with van der Waals surface area (Å²) < 4.78 is 5.44. The van der Waals surface area contributed by atoms with Gasteiger partial charge in [-0.05, 0) is 105 Å². The Labute approximate surface area is 276 Å². The van der Waals surface area contributed by atoms with Gasteiger partial charge in [-0.2, -0.15) is 0 Å². The lowest BCUT2D eigenvalue weighted by atomic mass is 9.79. The Hall–Kier alpha value is -2.22. The number of rotatable bonds is 8. The molecule has 0 bridgehead atoms. The van der Waals surface area contributed by atoms with E-state index in [9.17, 15) is 9.59 Å². The van der Waals surface area contributed by atoms with Crippen LogP contribution in [0.25, 0.3) is 0 Å². The predicted octanol–water partition coefficient (Wildman–Crippen LogP) is 8.71. The minimum Gasteiger partial charge on any atom is -0.373 e. The van der Waals surface area contributed by atoms with E-state index in [2.05, 4.69) is 74.4 Å². The quantitative estimate of drug-likeness (QED) is 0.266. The first kappa shape index (κ1) is 40.8. The summed E-state index contributed by atoms with van der Waals surface area (Å²) in [6, 6.07) is 0.536. The van der Waals surface area contributed by atoms with Crippen LogP contribution in [-0.4, -0.2) is 51.2 Å². The second-order valence-electron chi connectivity index (χ2n) is 16.0. The van der Waals surface area contributed by atoms with Crippen LogP contribution in [0.5, 0.6) is 0 Å². The zero-order valence-corrected chi connectivity index (χ0v) is 31.0. The van der Waals surface area contributed by atoms with E-state index in [0.29, 0.717) is 41.5 Å². The van der Waals surface area contributed by atoms with E-state index in [1.807, 2.05) is 34.6 Å². The topological polar surface area (TPSA) is 105 Å². The third kappa shape index (κ3) is 18.5. The van der Waals surface area contributed by atoms with Gasteiger partial charge in [0.2, 0.25) is 0 Å². The first-order valence-electron chi connectivity index (χ1n) is 17.7. The Morgan fingerprint density at radius 2 is 1.20 bits per heavy atom. The van der Waals surface area contributed by atoms with Gasteiger partial charge in [0.15, 0.2) is 0 Å². The Balaban J connectivity index is 0.000000366. The van der Waals surface area contributed by atoms with E-state index in [-0.39, 0.29) is 29.1 Å². The van der Waals surface area contributed by atoms with Crippen LogP contribution in [0, 0.1) is 23.7 Å². The maximum atomic E-state index is 12.2. The highest BCUT2D eigenvalue weighted by molar-refractivity contribution is 5.92. The molecule has 0 radical (unpaired) electrons. The molecule has 2 saturated carbocycles.